The molecule has 0 radical (unpaired) electrons. The maximum atomic E-state index is 12.9. The van der Waals surface area contributed by atoms with Crippen LogP contribution in [0.15, 0.2) is 30.5 Å². The van der Waals surface area contributed by atoms with Gasteiger partial charge in [0.25, 0.3) is 5.91 Å². The number of benzene rings is 1. The summed E-state index contributed by atoms with van der Waals surface area (Å²) in [6.45, 7) is 6.68. The number of amides is 2. The van der Waals surface area contributed by atoms with Crippen molar-refractivity contribution in [1.82, 2.24) is 15.1 Å². The highest BCUT2D eigenvalue weighted by Crippen LogP contribution is 2.33. The second-order valence-corrected chi connectivity index (χ2v) is 9.15. The number of rotatable bonds is 4. The molecule has 1 unspecified atom stereocenters. The van der Waals surface area contributed by atoms with Crippen molar-refractivity contribution >= 4 is 11.8 Å². The minimum Gasteiger partial charge on any atom is -0.489 e. The highest BCUT2D eigenvalue weighted by Gasteiger charge is 2.38. The summed E-state index contributed by atoms with van der Waals surface area (Å²) in [7, 11) is 0. The molecule has 6 nitrogen and oxygen atoms in total. The minimum atomic E-state index is -0.419. The van der Waals surface area contributed by atoms with Crippen LogP contribution in [0.5, 0.6) is 5.75 Å². The van der Waals surface area contributed by atoms with Gasteiger partial charge in [0.1, 0.15) is 17.9 Å². The summed E-state index contributed by atoms with van der Waals surface area (Å²) in [5, 5.41) is 2.79. The number of piperidine rings is 1. The molecule has 3 aliphatic heterocycles. The van der Waals surface area contributed by atoms with E-state index in [0.717, 1.165) is 23.4 Å². The fourth-order valence-corrected chi connectivity index (χ4v) is 5.58. The normalized spacial score (nSPS) is 29.8. The van der Waals surface area contributed by atoms with E-state index in [1.165, 1.54) is 45.2 Å². The molecule has 30 heavy (non-hydrogen) atoms. The zero-order valence-electron chi connectivity index (χ0n) is 17.6. The summed E-state index contributed by atoms with van der Waals surface area (Å²) in [6, 6.07) is 5.91. The van der Waals surface area contributed by atoms with Crippen molar-refractivity contribution in [2.75, 3.05) is 13.1 Å². The van der Waals surface area contributed by atoms with Crippen LogP contribution in [0.3, 0.4) is 0 Å². The molecule has 2 saturated heterocycles. The number of nitrogens with zero attached hydrogens (tertiary/aromatic N) is 2. The summed E-state index contributed by atoms with van der Waals surface area (Å²) >= 11 is 0. The van der Waals surface area contributed by atoms with E-state index in [-0.39, 0.29) is 17.9 Å². The van der Waals surface area contributed by atoms with E-state index in [4.69, 9.17) is 4.74 Å². The number of carbonyl (C=O) groups is 2. The third kappa shape index (κ3) is 3.62. The second-order valence-electron chi connectivity index (χ2n) is 9.15. The Morgan fingerprint density at radius 2 is 1.83 bits per heavy atom. The van der Waals surface area contributed by atoms with Gasteiger partial charge in [0.15, 0.2) is 0 Å². The molecular formula is C24H31N3O3. The quantitative estimate of drug-likeness (QED) is 0.830. The lowest BCUT2D eigenvalue weighted by atomic mass is 9.91. The zero-order chi connectivity index (χ0) is 20.7. The predicted molar refractivity (Wildman–Crippen MR) is 114 cm³/mol. The SMILES string of the molecule is C=C1CCC(N2Cc3cc(O[C@@H]4CCCC[C@@H]4N4CCCC4)ccc3C2=O)C(=O)N1. The number of hydrogen-bond donors (Lipinski definition) is 1. The number of ether oxygens (including phenoxy) is 1. The maximum absolute atomic E-state index is 12.9. The van der Waals surface area contributed by atoms with Crippen LogP contribution in [0, 0.1) is 0 Å². The summed E-state index contributed by atoms with van der Waals surface area (Å²) in [4.78, 5) is 29.6. The van der Waals surface area contributed by atoms with E-state index in [9.17, 15) is 9.59 Å². The summed E-state index contributed by atoms with van der Waals surface area (Å²) < 4.78 is 6.49. The number of allylic oxidation sites excluding steroid dienone is 1. The van der Waals surface area contributed by atoms with Gasteiger partial charge < -0.3 is 15.0 Å². The molecule has 2 amide bonds. The van der Waals surface area contributed by atoms with Gasteiger partial charge in [-0.05, 0) is 81.8 Å². The van der Waals surface area contributed by atoms with Crippen molar-refractivity contribution in [2.45, 2.75) is 76.1 Å². The van der Waals surface area contributed by atoms with Crippen molar-refractivity contribution in [3.05, 3.63) is 41.6 Å². The lowest BCUT2D eigenvalue weighted by Gasteiger charge is -2.37. The molecule has 0 aromatic heterocycles. The Hall–Kier alpha value is -2.34. The molecule has 0 spiro atoms. The van der Waals surface area contributed by atoms with Crippen molar-refractivity contribution in [3.8, 4) is 5.75 Å². The van der Waals surface area contributed by atoms with Gasteiger partial charge in [-0.2, -0.15) is 0 Å². The van der Waals surface area contributed by atoms with Crippen molar-refractivity contribution in [1.29, 1.82) is 0 Å². The highest BCUT2D eigenvalue weighted by atomic mass is 16.5. The van der Waals surface area contributed by atoms with E-state index in [1.54, 1.807) is 4.90 Å². The predicted octanol–water partition coefficient (Wildman–Crippen LogP) is 3.22. The fraction of sp³-hybridized carbons (Fsp3) is 0.583. The Bertz CT molecular complexity index is 861. The van der Waals surface area contributed by atoms with Gasteiger partial charge in [-0.25, -0.2) is 0 Å². The van der Waals surface area contributed by atoms with E-state index < -0.39 is 6.04 Å². The zero-order valence-corrected chi connectivity index (χ0v) is 17.6. The monoisotopic (exact) mass is 409 g/mol. The molecule has 6 heteroatoms. The van der Waals surface area contributed by atoms with Crippen molar-refractivity contribution in [2.24, 2.45) is 0 Å². The molecule has 1 aliphatic carbocycles. The average molecular weight is 410 g/mol. The standard InChI is InChI=1S/C24H31N3O3/c1-16-8-11-21(23(28)25-16)27-15-17-14-18(9-10-19(17)24(27)29)30-22-7-3-2-6-20(22)26-12-4-5-13-26/h9-10,14,20-22H,1-8,11-13,15H2,(H,25,28)/t20-,21?,22+/m0/s1. The van der Waals surface area contributed by atoms with E-state index >= 15 is 0 Å². The first-order valence-corrected chi connectivity index (χ1v) is 11.4. The van der Waals surface area contributed by atoms with Crippen LogP contribution in [-0.4, -0.2) is 52.9 Å². The molecule has 1 N–H and O–H groups in total. The lowest BCUT2D eigenvalue weighted by Crippen LogP contribution is -2.49. The summed E-state index contributed by atoms with van der Waals surface area (Å²) in [6.07, 6.45) is 8.96. The second kappa shape index (κ2) is 8.06. The Balaban J connectivity index is 1.30. The smallest absolute Gasteiger partial charge is 0.255 e. The van der Waals surface area contributed by atoms with Crippen LogP contribution in [-0.2, 0) is 11.3 Å². The number of carbonyl (C=O) groups excluding carboxylic acids is 2. The first-order chi connectivity index (χ1) is 14.6. The van der Waals surface area contributed by atoms with Crippen LogP contribution in [0.25, 0.3) is 0 Å². The van der Waals surface area contributed by atoms with Gasteiger partial charge in [-0.15, -0.1) is 0 Å². The number of hydrogen-bond acceptors (Lipinski definition) is 4. The molecule has 160 valence electrons. The van der Waals surface area contributed by atoms with Crippen LogP contribution < -0.4 is 10.1 Å². The first kappa shape index (κ1) is 19.6. The largest absolute Gasteiger partial charge is 0.489 e. The van der Waals surface area contributed by atoms with Crippen LogP contribution in [0.2, 0.25) is 0 Å². The van der Waals surface area contributed by atoms with Gasteiger partial charge in [-0.3, -0.25) is 14.5 Å². The van der Waals surface area contributed by atoms with Gasteiger partial charge in [0.2, 0.25) is 5.91 Å². The van der Waals surface area contributed by atoms with Gasteiger partial charge in [0, 0.05) is 23.8 Å². The minimum absolute atomic E-state index is 0.0585. The molecule has 1 aromatic carbocycles. The molecular weight excluding hydrogens is 378 g/mol. The Labute approximate surface area is 178 Å². The molecule has 0 bridgehead atoms. The Morgan fingerprint density at radius 3 is 2.63 bits per heavy atom. The van der Waals surface area contributed by atoms with Gasteiger partial charge in [-0.1, -0.05) is 13.0 Å². The summed E-state index contributed by atoms with van der Waals surface area (Å²) in [5.74, 6) is 0.664. The molecule has 4 aliphatic rings. The van der Waals surface area contributed by atoms with E-state index in [0.29, 0.717) is 31.0 Å². The summed E-state index contributed by atoms with van der Waals surface area (Å²) in [5.41, 5.74) is 2.39. The molecule has 3 heterocycles. The number of fused-ring (bicyclic) bond motifs is 1. The van der Waals surface area contributed by atoms with Crippen LogP contribution >= 0.6 is 0 Å². The highest BCUT2D eigenvalue weighted by molar-refractivity contribution is 6.01. The van der Waals surface area contributed by atoms with E-state index in [1.807, 2.05) is 18.2 Å². The number of likely N-dealkylation sites (tertiary alicyclic amines) is 1. The number of nitrogens with one attached hydrogen (secondary N) is 1. The molecule has 5 rings (SSSR count). The van der Waals surface area contributed by atoms with Crippen LogP contribution in [0.1, 0.15) is 67.3 Å². The maximum Gasteiger partial charge on any atom is 0.255 e. The molecule has 3 fully saturated rings. The van der Waals surface area contributed by atoms with Gasteiger partial charge >= 0.3 is 0 Å². The molecule has 1 saturated carbocycles. The van der Waals surface area contributed by atoms with Crippen molar-refractivity contribution in [3.63, 3.8) is 0 Å². The third-order valence-corrected chi connectivity index (χ3v) is 7.17. The third-order valence-electron chi connectivity index (χ3n) is 7.17. The average Bonchev–Trinajstić information content (AvgIpc) is 3.37. The van der Waals surface area contributed by atoms with E-state index in [2.05, 4.69) is 16.8 Å². The van der Waals surface area contributed by atoms with Crippen molar-refractivity contribution < 1.29 is 14.3 Å². The van der Waals surface area contributed by atoms with Crippen LogP contribution in [0.4, 0.5) is 0 Å². The fourth-order valence-electron chi connectivity index (χ4n) is 5.58. The van der Waals surface area contributed by atoms with Gasteiger partial charge in [0.05, 0.1) is 0 Å². The Morgan fingerprint density at radius 1 is 1.03 bits per heavy atom. The Kier molecular flexibility index (Phi) is 5.27. The topological polar surface area (TPSA) is 61.9 Å². The first-order valence-electron chi connectivity index (χ1n) is 11.4. The molecule has 1 aromatic rings. The lowest BCUT2D eigenvalue weighted by molar-refractivity contribution is -0.126. The molecule has 3 atom stereocenters.